The largest absolute Gasteiger partial charge is 0.374 e. The molecule has 0 heterocycles. The minimum atomic E-state index is 0.490. The molecule has 1 unspecified atom stereocenters. The summed E-state index contributed by atoms with van der Waals surface area (Å²) >= 11 is 0. The quantitative estimate of drug-likeness (QED) is 0.754. The highest BCUT2D eigenvalue weighted by Crippen LogP contribution is 2.21. The second-order valence-electron chi connectivity index (χ2n) is 5.78. The summed E-state index contributed by atoms with van der Waals surface area (Å²) < 4.78 is 0. The van der Waals surface area contributed by atoms with Crippen molar-refractivity contribution in [3.8, 4) is 0 Å². The Morgan fingerprint density at radius 3 is 2.21 bits per heavy atom. The predicted molar refractivity (Wildman–Crippen MR) is 85.9 cm³/mol. The van der Waals surface area contributed by atoms with Gasteiger partial charge >= 0.3 is 0 Å². The van der Waals surface area contributed by atoms with Crippen LogP contribution in [0.4, 0.5) is 5.69 Å². The molecule has 19 heavy (non-hydrogen) atoms. The molecule has 0 saturated heterocycles. The van der Waals surface area contributed by atoms with Gasteiger partial charge in [-0.2, -0.15) is 0 Å². The number of anilines is 1. The summed E-state index contributed by atoms with van der Waals surface area (Å²) in [6.45, 7) is 11.2. The van der Waals surface area contributed by atoms with Crippen molar-refractivity contribution < 1.29 is 0 Å². The van der Waals surface area contributed by atoms with Crippen LogP contribution < -0.4 is 10.2 Å². The molecule has 2 heteroatoms. The van der Waals surface area contributed by atoms with Crippen LogP contribution in [-0.2, 0) is 0 Å². The number of hydrogen-bond donors (Lipinski definition) is 1. The molecule has 0 radical (unpaired) electrons. The van der Waals surface area contributed by atoms with E-state index in [1.807, 2.05) is 0 Å². The molecule has 1 aromatic carbocycles. The smallest absolute Gasteiger partial charge is 0.0363 e. The van der Waals surface area contributed by atoms with E-state index >= 15 is 0 Å². The third kappa shape index (κ3) is 5.23. The lowest BCUT2D eigenvalue weighted by Gasteiger charge is -2.23. The Hall–Kier alpha value is -1.02. The Morgan fingerprint density at radius 2 is 1.74 bits per heavy atom. The lowest BCUT2D eigenvalue weighted by molar-refractivity contribution is 0.518. The zero-order valence-corrected chi connectivity index (χ0v) is 13.2. The molecular weight excluding hydrogens is 232 g/mol. The maximum absolute atomic E-state index is 3.60. The molecule has 0 aliphatic carbocycles. The number of nitrogens with one attached hydrogen (secondary N) is 1. The number of nitrogens with zero attached hydrogens (tertiary/aromatic N) is 1. The molecule has 0 aliphatic rings. The highest BCUT2D eigenvalue weighted by Gasteiger charge is 2.09. The SMILES string of the molecule is CCCNC(CC)c1ccc(N(C)CC(C)C)cc1. The zero-order chi connectivity index (χ0) is 14.3. The molecule has 0 aromatic heterocycles. The van der Waals surface area contributed by atoms with Crippen LogP contribution in [0, 0.1) is 5.92 Å². The highest BCUT2D eigenvalue weighted by atomic mass is 15.1. The van der Waals surface area contributed by atoms with E-state index in [1.54, 1.807) is 0 Å². The minimum absolute atomic E-state index is 0.490. The third-order valence-electron chi connectivity index (χ3n) is 3.42. The first kappa shape index (κ1) is 16.0. The van der Waals surface area contributed by atoms with Crippen LogP contribution in [0.3, 0.4) is 0 Å². The van der Waals surface area contributed by atoms with E-state index in [0.717, 1.165) is 19.5 Å². The average molecular weight is 262 g/mol. The average Bonchev–Trinajstić information content (AvgIpc) is 2.39. The van der Waals surface area contributed by atoms with Crippen LogP contribution >= 0.6 is 0 Å². The van der Waals surface area contributed by atoms with E-state index < -0.39 is 0 Å². The fourth-order valence-corrected chi connectivity index (χ4v) is 2.43. The van der Waals surface area contributed by atoms with Gasteiger partial charge in [-0.3, -0.25) is 0 Å². The van der Waals surface area contributed by atoms with Gasteiger partial charge in [0, 0.05) is 25.3 Å². The van der Waals surface area contributed by atoms with Crippen molar-refractivity contribution in [3.05, 3.63) is 29.8 Å². The first-order valence-electron chi connectivity index (χ1n) is 7.62. The van der Waals surface area contributed by atoms with E-state index in [9.17, 15) is 0 Å². The van der Waals surface area contributed by atoms with Crippen molar-refractivity contribution in [1.29, 1.82) is 0 Å². The van der Waals surface area contributed by atoms with E-state index in [-0.39, 0.29) is 0 Å². The van der Waals surface area contributed by atoms with E-state index in [1.165, 1.54) is 17.7 Å². The van der Waals surface area contributed by atoms with Crippen molar-refractivity contribution in [2.75, 3.05) is 25.0 Å². The highest BCUT2D eigenvalue weighted by molar-refractivity contribution is 5.47. The number of hydrogen-bond acceptors (Lipinski definition) is 2. The number of benzene rings is 1. The van der Waals surface area contributed by atoms with Crippen molar-refractivity contribution in [2.24, 2.45) is 5.92 Å². The maximum atomic E-state index is 3.60. The van der Waals surface area contributed by atoms with Crippen LogP contribution in [0.5, 0.6) is 0 Å². The monoisotopic (exact) mass is 262 g/mol. The maximum Gasteiger partial charge on any atom is 0.0363 e. The van der Waals surface area contributed by atoms with Crippen LogP contribution in [0.25, 0.3) is 0 Å². The Labute approximate surface area is 119 Å². The molecule has 0 bridgehead atoms. The number of rotatable bonds is 8. The van der Waals surface area contributed by atoms with Crippen LogP contribution in [0.2, 0.25) is 0 Å². The van der Waals surface area contributed by atoms with Crippen molar-refractivity contribution >= 4 is 5.69 Å². The van der Waals surface area contributed by atoms with Crippen molar-refractivity contribution in [3.63, 3.8) is 0 Å². The van der Waals surface area contributed by atoms with Gasteiger partial charge in [-0.1, -0.05) is 39.8 Å². The van der Waals surface area contributed by atoms with Gasteiger partial charge in [0.05, 0.1) is 0 Å². The second kappa shape index (κ2) is 8.21. The summed E-state index contributed by atoms with van der Waals surface area (Å²) in [5.41, 5.74) is 2.71. The van der Waals surface area contributed by atoms with Gasteiger partial charge in [-0.25, -0.2) is 0 Å². The van der Waals surface area contributed by atoms with Gasteiger partial charge in [-0.05, 0) is 43.0 Å². The van der Waals surface area contributed by atoms with Gasteiger partial charge in [0.1, 0.15) is 0 Å². The van der Waals surface area contributed by atoms with Gasteiger partial charge in [-0.15, -0.1) is 0 Å². The molecule has 0 saturated carbocycles. The summed E-state index contributed by atoms with van der Waals surface area (Å²) in [6, 6.07) is 9.51. The first-order valence-corrected chi connectivity index (χ1v) is 7.62. The summed E-state index contributed by atoms with van der Waals surface area (Å²) in [5, 5.41) is 3.60. The predicted octanol–water partition coefficient (Wildman–Crippen LogP) is 4.23. The van der Waals surface area contributed by atoms with Crippen LogP contribution in [0.15, 0.2) is 24.3 Å². The standard InChI is InChI=1S/C17H30N2/c1-6-12-18-17(7-2)15-8-10-16(11-9-15)19(5)13-14(3)4/h8-11,14,17-18H,6-7,12-13H2,1-5H3. The van der Waals surface area contributed by atoms with Gasteiger partial charge < -0.3 is 10.2 Å². The van der Waals surface area contributed by atoms with E-state index in [2.05, 4.69) is 69.2 Å². The fraction of sp³-hybridized carbons (Fsp3) is 0.647. The molecule has 0 fully saturated rings. The van der Waals surface area contributed by atoms with Crippen molar-refractivity contribution in [2.45, 2.75) is 46.6 Å². The van der Waals surface area contributed by atoms with Crippen LogP contribution in [0.1, 0.15) is 52.1 Å². The fourth-order valence-electron chi connectivity index (χ4n) is 2.43. The third-order valence-corrected chi connectivity index (χ3v) is 3.42. The zero-order valence-electron chi connectivity index (χ0n) is 13.2. The Bertz CT molecular complexity index is 343. The van der Waals surface area contributed by atoms with E-state index in [4.69, 9.17) is 0 Å². The Morgan fingerprint density at radius 1 is 1.11 bits per heavy atom. The lowest BCUT2D eigenvalue weighted by Crippen LogP contribution is -2.23. The molecule has 0 spiro atoms. The molecule has 1 aromatic rings. The summed E-state index contributed by atoms with van der Waals surface area (Å²) in [4.78, 5) is 2.33. The lowest BCUT2D eigenvalue weighted by atomic mass is 10.0. The molecule has 108 valence electrons. The van der Waals surface area contributed by atoms with Gasteiger partial charge in [0.15, 0.2) is 0 Å². The van der Waals surface area contributed by atoms with Gasteiger partial charge in [0.2, 0.25) is 0 Å². The van der Waals surface area contributed by atoms with Crippen molar-refractivity contribution in [1.82, 2.24) is 5.32 Å². The molecular formula is C17H30N2. The topological polar surface area (TPSA) is 15.3 Å². The summed E-state index contributed by atoms with van der Waals surface area (Å²) in [5.74, 6) is 0.694. The second-order valence-corrected chi connectivity index (χ2v) is 5.78. The first-order chi connectivity index (χ1) is 9.08. The van der Waals surface area contributed by atoms with Gasteiger partial charge in [0.25, 0.3) is 0 Å². The Kier molecular flexibility index (Phi) is 6.93. The minimum Gasteiger partial charge on any atom is -0.374 e. The summed E-state index contributed by atoms with van der Waals surface area (Å²) in [7, 11) is 2.17. The summed E-state index contributed by atoms with van der Waals surface area (Å²) in [6.07, 6.45) is 2.33. The molecule has 2 nitrogen and oxygen atoms in total. The normalized spacial score (nSPS) is 12.7. The van der Waals surface area contributed by atoms with E-state index in [0.29, 0.717) is 12.0 Å². The molecule has 1 rings (SSSR count). The molecule has 1 atom stereocenters. The molecule has 1 N–H and O–H groups in total. The van der Waals surface area contributed by atoms with Crippen LogP contribution in [-0.4, -0.2) is 20.1 Å². The molecule has 0 amide bonds. The Balaban J connectivity index is 2.68. The molecule has 0 aliphatic heterocycles.